The largest absolute Gasteiger partial charge is 0.341 e. The topological polar surface area (TPSA) is 83.1 Å². The van der Waals surface area contributed by atoms with Crippen molar-refractivity contribution in [3.05, 3.63) is 36.0 Å². The number of aromatic amines is 2. The van der Waals surface area contributed by atoms with Crippen LogP contribution in [-0.2, 0) is 0 Å². The van der Waals surface area contributed by atoms with Gasteiger partial charge in [-0.3, -0.25) is 5.10 Å². The maximum atomic E-state index is 5.92. The zero-order valence-corrected chi connectivity index (χ0v) is 11.5. The number of imidazole rings is 1. The van der Waals surface area contributed by atoms with Gasteiger partial charge in [0.1, 0.15) is 10.5 Å². The molecular formula is C12H7ClN6S. The van der Waals surface area contributed by atoms with Gasteiger partial charge in [-0.15, -0.1) is 0 Å². The number of H-pyrrole nitrogens is 2. The minimum atomic E-state index is 0.191. The molecule has 0 atom stereocenters. The minimum absolute atomic E-state index is 0.191. The molecule has 0 aliphatic rings. The summed E-state index contributed by atoms with van der Waals surface area (Å²) in [6, 6.07) is 6.03. The van der Waals surface area contributed by atoms with E-state index in [-0.39, 0.29) is 5.28 Å². The van der Waals surface area contributed by atoms with Gasteiger partial charge in [-0.2, -0.15) is 10.1 Å². The van der Waals surface area contributed by atoms with Gasteiger partial charge in [-0.25, -0.2) is 9.97 Å². The van der Waals surface area contributed by atoms with Crippen LogP contribution in [0.4, 0.5) is 0 Å². The second kappa shape index (κ2) is 4.46. The molecule has 0 unspecified atom stereocenters. The van der Waals surface area contributed by atoms with Crippen LogP contribution in [0.3, 0.4) is 0 Å². The smallest absolute Gasteiger partial charge is 0.225 e. The Hall–Kier alpha value is -2.12. The predicted molar refractivity (Wildman–Crippen MR) is 76.9 cm³/mol. The zero-order chi connectivity index (χ0) is 13.5. The molecule has 0 bridgehead atoms. The third-order valence-corrected chi connectivity index (χ3v) is 4.00. The zero-order valence-electron chi connectivity index (χ0n) is 9.96. The highest BCUT2D eigenvalue weighted by atomic mass is 35.5. The number of rotatable bonds is 2. The van der Waals surface area contributed by atoms with E-state index in [2.05, 4.69) is 30.1 Å². The summed E-state index contributed by atoms with van der Waals surface area (Å²) in [6.45, 7) is 0. The fourth-order valence-electron chi connectivity index (χ4n) is 1.95. The Kier molecular flexibility index (Phi) is 2.61. The number of fused-ring (bicyclic) bond motifs is 2. The molecule has 98 valence electrons. The Morgan fingerprint density at radius 3 is 3.10 bits per heavy atom. The first kappa shape index (κ1) is 11.7. The van der Waals surface area contributed by atoms with Gasteiger partial charge in [0.05, 0.1) is 18.0 Å². The van der Waals surface area contributed by atoms with Crippen molar-refractivity contribution in [2.45, 2.75) is 9.92 Å². The van der Waals surface area contributed by atoms with E-state index >= 15 is 0 Å². The van der Waals surface area contributed by atoms with Crippen LogP contribution < -0.4 is 0 Å². The van der Waals surface area contributed by atoms with Crippen LogP contribution >= 0.6 is 23.4 Å². The highest BCUT2D eigenvalue weighted by Crippen LogP contribution is 2.32. The van der Waals surface area contributed by atoms with Crippen molar-refractivity contribution in [2.24, 2.45) is 0 Å². The maximum Gasteiger partial charge on any atom is 0.225 e. The lowest BCUT2D eigenvalue weighted by molar-refractivity contribution is 1.09. The van der Waals surface area contributed by atoms with Crippen LogP contribution in [0.5, 0.6) is 0 Å². The van der Waals surface area contributed by atoms with Gasteiger partial charge < -0.3 is 4.98 Å². The SMILES string of the molecule is Clc1nc(Sc2ccc3[nH]ncc3c2)c2[nH]cnc2n1. The van der Waals surface area contributed by atoms with Gasteiger partial charge in [-0.05, 0) is 29.8 Å². The van der Waals surface area contributed by atoms with Crippen LogP contribution in [-0.4, -0.2) is 30.1 Å². The Bertz CT molecular complexity index is 915. The Morgan fingerprint density at radius 2 is 2.15 bits per heavy atom. The molecule has 0 radical (unpaired) electrons. The van der Waals surface area contributed by atoms with Gasteiger partial charge in [0.15, 0.2) is 5.65 Å². The van der Waals surface area contributed by atoms with Gasteiger partial charge in [0, 0.05) is 10.3 Å². The highest BCUT2D eigenvalue weighted by Gasteiger charge is 2.11. The van der Waals surface area contributed by atoms with Gasteiger partial charge in [0.25, 0.3) is 0 Å². The molecule has 0 saturated heterocycles. The van der Waals surface area contributed by atoms with E-state index in [1.54, 1.807) is 12.5 Å². The van der Waals surface area contributed by atoms with Crippen molar-refractivity contribution >= 4 is 45.4 Å². The molecule has 3 heterocycles. The Labute approximate surface area is 122 Å². The Morgan fingerprint density at radius 1 is 1.20 bits per heavy atom. The van der Waals surface area contributed by atoms with Crippen molar-refractivity contribution in [3.63, 3.8) is 0 Å². The molecule has 6 nitrogen and oxygen atoms in total. The second-order valence-electron chi connectivity index (χ2n) is 4.12. The highest BCUT2D eigenvalue weighted by molar-refractivity contribution is 7.99. The molecule has 4 rings (SSSR count). The first-order chi connectivity index (χ1) is 9.79. The molecule has 3 aromatic heterocycles. The fourth-order valence-corrected chi connectivity index (χ4v) is 3.10. The number of aromatic nitrogens is 6. The summed E-state index contributed by atoms with van der Waals surface area (Å²) in [6.07, 6.45) is 3.37. The molecule has 0 saturated carbocycles. The van der Waals surface area contributed by atoms with Crippen molar-refractivity contribution < 1.29 is 0 Å². The summed E-state index contributed by atoms with van der Waals surface area (Å²) >= 11 is 7.43. The number of hydrogen-bond donors (Lipinski definition) is 2. The molecule has 0 aliphatic carbocycles. The number of nitrogens with one attached hydrogen (secondary N) is 2. The quantitative estimate of drug-likeness (QED) is 0.439. The molecule has 0 spiro atoms. The van der Waals surface area contributed by atoms with Crippen LogP contribution in [0, 0.1) is 0 Å². The molecule has 0 aliphatic heterocycles. The molecule has 8 heteroatoms. The molecule has 4 aromatic rings. The van der Waals surface area contributed by atoms with Gasteiger partial charge in [-0.1, -0.05) is 11.8 Å². The number of hydrogen-bond acceptors (Lipinski definition) is 5. The average Bonchev–Trinajstić information content (AvgIpc) is 3.05. The molecule has 20 heavy (non-hydrogen) atoms. The van der Waals surface area contributed by atoms with E-state index in [1.165, 1.54) is 11.8 Å². The fraction of sp³-hybridized carbons (Fsp3) is 0. The van der Waals surface area contributed by atoms with Crippen LogP contribution in [0.15, 0.2) is 40.6 Å². The third kappa shape index (κ3) is 1.91. The molecule has 0 fully saturated rings. The van der Waals surface area contributed by atoms with E-state index in [1.807, 2.05) is 18.2 Å². The van der Waals surface area contributed by atoms with Crippen molar-refractivity contribution in [1.29, 1.82) is 0 Å². The second-order valence-corrected chi connectivity index (χ2v) is 5.52. The van der Waals surface area contributed by atoms with Gasteiger partial charge in [0.2, 0.25) is 5.28 Å². The van der Waals surface area contributed by atoms with Crippen molar-refractivity contribution in [2.75, 3.05) is 0 Å². The minimum Gasteiger partial charge on any atom is -0.341 e. The van der Waals surface area contributed by atoms with E-state index in [0.717, 1.165) is 26.3 Å². The maximum absolute atomic E-state index is 5.92. The number of halogens is 1. The van der Waals surface area contributed by atoms with Crippen LogP contribution in [0.2, 0.25) is 5.28 Å². The Balaban J connectivity index is 1.81. The van der Waals surface area contributed by atoms with E-state index < -0.39 is 0 Å². The van der Waals surface area contributed by atoms with Crippen molar-refractivity contribution in [1.82, 2.24) is 30.1 Å². The summed E-state index contributed by atoms with van der Waals surface area (Å²) in [7, 11) is 0. The molecule has 2 N–H and O–H groups in total. The van der Waals surface area contributed by atoms with Gasteiger partial charge >= 0.3 is 0 Å². The average molecular weight is 303 g/mol. The predicted octanol–water partition coefficient (Wildman–Crippen LogP) is 3.03. The number of benzene rings is 1. The van der Waals surface area contributed by atoms with E-state index in [0.29, 0.717) is 5.65 Å². The van der Waals surface area contributed by atoms with Crippen LogP contribution in [0.1, 0.15) is 0 Å². The molecule has 1 aromatic carbocycles. The molecular weight excluding hydrogens is 296 g/mol. The first-order valence-electron chi connectivity index (χ1n) is 5.77. The summed E-state index contributed by atoms with van der Waals surface area (Å²) < 4.78 is 0. The van der Waals surface area contributed by atoms with E-state index in [4.69, 9.17) is 11.6 Å². The van der Waals surface area contributed by atoms with Crippen LogP contribution in [0.25, 0.3) is 22.1 Å². The summed E-state index contributed by atoms with van der Waals surface area (Å²) in [4.78, 5) is 16.5. The lowest BCUT2D eigenvalue weighted by Crippen LogP contribution is -1.88. The summed E-state index contributed by atoms with van der Waals surface area (Å²) in [5.74, 6) is 0. The summed E-state index contributed by atoms with van der Waals surface area (Å²) in [5, 5.41) is 8.92. The lowest BCUT2D eigenvalue weighted by Gasteiger charge is -2.02. The lowest BCUT2D eigenvalue weighted by atomic mass is 10.3. The van der Waals surface area contributed by atoms with Crippen molar-refractivity contribution in [3.8, 4) is 0 Å². The first-order valence-corrected chi connectivity index (χ1v) is 6.97. The standard InChI is InChI=1S/C12H7ClN6S/c13-12-17-10-9(14-5-15-10)11(18-12)20-7-1-2-8-6(3-7)4-16-19-8/h1-5H,(H,16,19)(H,14,15,17,18). The molecule has 0 amide bonds. The normalized spacial score (nSPS) is 11.4. The number of nitrogens with zero attached hydrogens (tertiary/aromatic N) is 4. The monoisotopic (exact) mass is 302 g/mol. The van der Waals surface area contributed by atoms with E-state index in [9.17, 15) is 0 Å². The third-order valence-electron chi connectivity index (χ3n) is 2.85. The summed E-state index contributed by atoms with van der Waals surface area (Å²) in [5.41, 5.74) is 2.35.